The van der Waals surface area contributed by atoms with E-state index in [0.717, 1.165) is 0 Å². The average molecular weight is 403 g/mol. The van der Waals surface area contributed by atoms with Crippen LogP contribution >= 0.6 is 15.9 Å². The second kappa shape index (κ2) is 7.48. The highest BCUT2D eigenvalue weighted by Gasteiger charge is 2.47. The normalized spacial score (nSPS) is 15.7. The predicted molar refractivity (Wildman–Crippen MR) is 82.5 cm³/mol. The molecular weight excluding hydrogens is 385 g/mol. The van der Waals surface area contributed by atoms with Crippen molar-refractivity contribution in [2.75, 3.05) is 7.11 Å². The second-order valence-corrected chi connectivity index (χ2v) is 8.52. The molecule has 0 spiro atoms. The molecule has 1 heterocycles. The molecule has 0 aliphatic rings. The summed E-state index contributed by atoms with van der Waals surface area (Å²) in [5.74, 6) is 0. The van der Waals surface area contributed by atoms with Crippen LogP contribution in [0.3, 0.4) is 0 Å². The molecule has 126 valence electrons. The number of halogens is 4. The average Bonchev–Trinajstić information content (AvgIpc) is 2.34. The summed E-state index contributed by atoms with van der Waals surface area (Å²) < 4.78 is 59.0. The van der Waals surface area contributed by atoms with E-state index in [-0.39, 0.29) is 17.9 Å². The maximum Gasteiger partial charge on any atom is 0.413 e. The Labute approximate surface area is 139 Å². The van der Waals surface area contributed by atoms with Gasteiger partial charge in [0.25, 0.3) is 0 Å². The van der Waals surface area contributed by atoms with Gasteiger partial charge in [0.15, 0.2) is 6.04 Å². The van der Waals surface area contributed by atoms with Gasteiger partial charge < -0.3 is 9.29 Å². The lowest BCUT2D eigenvalue weighted by Crippen LogP contribution is -2.46. The molecule has 1 aromatic rings. The van der Waals surface area contributed by atoms with Gasteiger partial charge in [-0.2, -0.15) is 13.2 Å². The molecule has 1 N–H and O–H groups in total. The Bertz CT molecular complexity index is 509. The van der Waals surface area contributed by atoms with Crippen LogP contribution in [0, 0.1) is 0 Å². The predicted octanol–water partition coefficient (Wildman–Crippen LogP) is 3.65. The first-order valence-corrected chi connectivity index (χ1v) is 8.29. The number of aromatic nitrogens is 1. The third-order valence-corrected chi connectivity index (χ3v) is 4.65. The Morgan fingerprint density at radius 2 is 2.00 bits per heavy atom. The summed E-state index contributed by atoms with van der Waals surface area (Å²) in [6.45, 7) is 4.75. The maximum atomic E-state index is 13.4. The van der Waals surface area contributed by atoms with Crippen molar-refractivity contribution < 1.29 is 22.5 Å². The van der Waals surface area contributed by atoms with Gasteiger partial charge in [-0.15, -0.1) is 4.72 Å². The Kier molecular flexibility index (Phi) is 6.70. The van der Waals surface area contributed by atoms with Crippen LogP contribution in [0.15, 0.2) is 16.7 Å². The topological polar surface area (TPSA) is 57.2 Å². The smallest absolute Gasteiger partial charge is 0.413 e. The minimum absolute atomic E-state index is 0.0296. The van der Waals surface area contributed by atoms with Gasteiger partial charge in [0.05, 0.1) is 12.3 Å². The summed E-state index contributed by atoms with van der Waals surface area (Å²) in [7, 11) is 1.38. The van der Waals surface area contributed by atoms with Gasteiger partial charge in [0.2, 0.25) is 0 Å². The zero-order valence-corrected chi connectivity index (χ0v) is 15.0. The van der Waals surface area contributed by atoms with Crippen LogP contribution in [0.5, 0.6) is 0 Å². The molecule has 0 fully saturated rings. The van der Waals surface area contributed by atoms with Crippen molar-refractivity contribution >= 4 is 27.3 Å². The van der Waals surface area contributed by atoms with Crippen LogP contribution in [-0.4, -0.2) is 27.6 Å². The highest BCUT2D eigenvalue weighted by molar-refractivity contribution is 9.10. The zero-order valence-electron chi connectivity index (χ0n) is 12.6. The quantitative estimate of drug-likeness (QED) is 0.763. The molecule has 4 nitrogen and oxygen atoms in total. The number of ether oxygens (including phenoxy) is 1. The molecule has 9 heteroatoms. The van der Waals surface area contributed by atoms with Crippen molar-refractivity contribution in [1.29, 1.82) is 0 Å². The summed E-state index contributed by atoms with van der Waals surface area (Å²) in [4.78, 5) is 3.85. The highest BCUT2D eigenvalue weighted by atomic mass is 79.9. The van der Waals surface area contributed by atoms with Gasteiger partial charge in [-0.05, 0) is 42.8 Å². The third kappa shape index (κ3) is 5.38. The van der Waals surface area contributed by atoms with Crippen molar-refractivity contribution in [2.45, 2.75) is 44.3 Å². The summed E-state index contributed by atoms with van der Waals surface area (Å²) in [5.41, 5.74) is 0.0350. The lowest BCUT2D eigenvalue weighted by Gasteiger charge is -2.29. The van der Waals surface area contributed by atoms with E-state index in [0.29, 0.717) is 4.47 Å². The second-order valence-electron chi connectivity index (χ2n) is 5.60. The number of hydrogen-bond acceptors (Lipinski definition) is 4. The van der Waals surface area contributed by atoms with Crippen LogP contribution in [0.4, 0.5) is 13.2 Å². The van der Waals surface area contributed by atoms with Gasteiger partial charge in [-0.25, -0.2) is 0 Å². The molecule has 1 aromatic heterocycles. The van der Waals surface area contributed by atoms with E-state index in [1.54, 1.807) is 20.8 Å². The summed E-state index contributed by atoms with van der Waals surface area (Å²) in [6, 6.07) is -0.627. The molecule has 22 heavy (non-hydrogen) atoms. The fraction of sp³-hybridized carbons (Fsp3) is 0.615. The van der Waals surface area contributed by atoms with Crippen LogP contribution in [0.2, 0.25) is 0 Å². The first kappa shape index (κ1) is 19.7. The molecule has 1 unspecified atom stereocenters. The standard InChI is InChI=1S/C13H18BrF3N2O2S/c1-12(2,3)22(20)19-11(13(15,16)17)10-8(7-21-4)5-9(14)6-18-10/h5-6,11,19H,7H2,1-4H3/t11-,22?/m1/s1. The molecule has 0 saturated carbocycles. The largest absolute Gasteiger partial charge is 0.598 e. The number of rotatable bonds is 5. The van der Waals surface area contributed by atoms with E-state index in [4.69, 9.17) is 4.74 Å². The van der Waals surface area contributed by atoms with Gasteiger partial charge in [0, 0.05) is 34.7 Å². The van der Waals surface area contributed by atoms with Crippen molar-refractivity contribution in [1.82, 2.24) is 9.71 Å². The van der Waals surface area contributed by atoms with Crippen LogP contribution in [0.25, 0.3) is 0 Å². The van der Waals surface area contributed by atoms with Crippen molar-refractivity contribution in [3.8, 4) is 0 Å². The van der Waals surface area contributed by atoms with Crippen LogP contribution in [-0.2, 0) is 22.7 Å². The van der Waals surface area contributed by atoms with E-state index in [1.165, 1.54) is 19.4 Å². The monoisotopic (exact) mass is 402 g/mol. The Morgan fingerprint density at radius 3 is 2.45 bits per heavy atom. The molecule has 0 aromatic carbocycles. The van der Waals surface area contributed by atoms with Crippen LogP contribution in [0.1, 0.15) is 38.1 Å². The van der Waals surface area contributed by atoms with E-state index < -0.39 is 28.3 Å². The molecule has 2 atom stereocenters. The van der Waals surface area contributed by atoms with Crippen molar-refractivity contribution in [2.24, 2.45) is 0 Å². The molecule has 0 bridgehead atoms. The molecule has 0 aliphatic carbocycles. The van der Waals surface area contributed by atoms with E-state index in [2.05, 4.69) is 25.6 Å². The minimum atomic E-state index is -4.63. The molecule has 0 saturated heterocycles. The summed E-state index contributed by atoms with van der Waals surface area (Å²) in [6.07, 6.45) is -3.36. The number of methoxy groups -OCH3 is 1. The SMILES string of the molecule is COCc1cc(Br)cnc1[C@@H](N[S+]([O-])C(C)(C)C)C(F)(F)F. The molecular formula is C13H18BrF3N2O2S. The van der Waals surface area contributed by atoms with E-state index >= 15 is 0 Å². The number of pyridine rings is 1. The van der Waals surface area contributed by atoms with Crippen molar-refractivity contribution in [3.63, 3.8) is 0 Å². The molecule has 0 amide bonds. The number of nitrogens with zero attached hydrogens (tertiary/aromatic N) is 1. The Morgan fingerprint density at radius 1 is 1.41 bits per heavy atom. The Balaban J connectivity index is 3.24. The first-order chi connectivity index (χ1) is 9.96. The molecule has 0 aliphatic heterocycles. The lowest BCUT2D eigenvalue weighted by molar-refractivity contribution is -0.154. The van der Waals surface area contributed by atoms with E-state index in [9.17, 15) is 17.7 Å². The van der Waals surface area contributed by atoms with Gasteiger partial charge >= 0.3 is 6.18 Å². The minimum Gasteiger partial charge on any atom is -0.598 e. The number of alkyl halides is 3. The number of nitrogens with one attached hydrogen (secondary N) is 1. The summed E-state index contributed by atoms with van der Waals surface area (Å²) >= 11 is 1.27. The first-order valence-electron chi connectivity index (χ1n) is 6.35. The number of hydrogen-bond donors (Lipinski definition) is 1. The van der Waals surface area contributed by atoms with Gasteiger partial charge in [0.1, 0.15) is 4.75 Å². The fourth-order valence-corrected chi connectivity index (χ4v) is 2.78. The Hall–Kier alpha value is -0.350. The third-order valence-electron chi connectivity index (χ3n) is 2.65. The van der Waals surface area contributed by atoms with Crippen molar-refractivity contribution in [3.05, 3.63) is 28.0 Å². The lowest BCUT2D eigenvalue weighted by atomic mass is 10.1. The van der Waals surface area contributed by atoms with Crippen LogP contribution < -0.4 is 4.72 Å². The molecule has 1 rings (SSSR count). The summed E-state index contributed by atoms with van der Waals surface area (Å²) in [5, 5.41) is 0. The fourth-order valence-electron chi connectivity index (χ4n) is 1.58. The molecule has 0 radical (unpaired) electrons. The zero-order chi connectivity index (χ0) is 17.1. The van der Waals surface area contributed by atoms with E-state index in [1.807, 2.05) is 0 Å². The van der Waals surface area contributed by atoms with Gasteiger partial charge in [-0.3, -0.25) is 4.98 Å². The highest BCUT2D eigenvalue weighted by Crippen LogP contribution is 2.36. The van der Waals surface area contributed by atoms with Gasteiger partial charge in [-0.1, -0.05) is 0 Å². The maximum absolute atomic E-state index is 13.4.